The summed E-state index contributed by atoms with van der Waals surface area (Å²) in [5, 5.41) is 0. The quantitative estimate of drug-likeness (QED) is 0.325. The van der Waals surface area contributed by atoms with Crippen LogP contribution in [0, 0.1) is 5.92 Å². The molecular weight excluding hydrogens is 414 g/mol. The molecule has 0 saturated heterocycles. The number of hydrogen-bond donors (Lipinski definition) is 0. The maximum absolute atomic E-state index is 13.6. The van der Waals surface area contributed by atoms with Crippen molar-refractivity contribution in [2.45, 2.75) is 11.5 Å². The summed E-state index contributed by atoms with van der Waals surface area (Å²) in [6, 6.07) is 35.9. The smallest absolute Gasteiger partial charge is 0.193 e. The van der Waals surface area contributed by atoms with Crippen LogP contribution in [-0.4, -0.2) is 11.8 Å². The first kappa shape index (κ1) is 19.3. The molecule has 2 heteroatoms. The zero-order valence-corrected chi connectivity index (χ0v) is 18.6. The van der Waals surface area contributed by atoms with Gasteiger partial charge in [0, 0.05) is 28.4 Å². The minimum atomic E-state index is -0.463. The molecule has 0 N–H and O–H groups in total. The second kappa shape index (κ2) is 7.16. The average molecular weight is 438 g/mol. The highest BCUT2D eigenvalue weighted by Crippen LogP contribution is 2.59. The fraction of sp³-hybridized carbons (Fsp3) is 0.0938. The first-order valence-corrected chi connectivity index (χ1v) is 11.8. The molecule has 1 heterocycles. The Bertz CT molecular complexity index is 1450. The zero-order valence-electron chi connectivity index (χ0n) is 18.6. The van der Waals surface area contributed by atoms with Gasteiger partial charge in [-0.2, -0.15) is 0 Å². The summed E-state index contributed by atoms with van der Waals surface area (Å²) in [5.41, 5.74) is 6.98. The third-order valence-electron chi connectivity index (χ3n) is 7.72. The van der Waals surface area contributed by atoms with E-state index in [1.54, 1.807) is 0 Å². The maximum Gasteiger partial charge on any atom is 0.193 e. The number of para-hydroxylation sites is 2. The van der Waals surface area contributed by atoms with Crippen molar-refractivity contribution in [3.8, 4) is 0 Å². The standard InChI is InChI=1S/C32H23NO/c34-31-23-14-4-6-16-25(23)32(26-17-7-5-15-24(26)31)27-18-8-10-20-29(27)33(22-12-2-1-3-13-22)30-21-11-9-19-28(30)32/h1-21,27,29H. The SMILES string of the molecule is O=C1c2ccccc2C2(c3ccccc31)c1ccccc1N(c1ccccc1)C1C=CC=CC12. The van der Waals surface area contributed by atoms with Gasteiger partial charge in [-0.25, -0.2) is 0 Å². The van der Waals surface area contributed by atoms with Crippen molar-refractivity contribution < 1.29 is 4.79 Å². The van der Waals surface area contributed by atoms with Crippen LogP contribution in [0.25, 0.3) is 0 Å². The Morgan fingerprint density at radius 2 is 1.15 bits per heavy atom. The van der Waals surface area contributed by atoms with E-state index < -0.39 is 5.41 Å². The molecule has 4 aromatic carbocycles. The van der Waals surface area contributed by atoms with Crippen molar-refractivity contribution in [3.63, 3.8) is 0 Å². The number of carbonyl (C=O) groups is 1. The van der Waals surface area contributed by atoms with Gasteiger partial charge in [-0.3, -0.25) is 4.79 Å². The Kier molecular flexibility index (Phi) is 4.07. The Balaban J connectivity index is 1.64. The zero-order chi connectivity index (χ0) is 22.7. The maximum atomic E-state index is 13.6. The van der Waals surface area contributed by atoms with Crippen LogP contribution in [0.1, 0.15) is 32.6 Å². The molecule has 1 aliphatic heterocycles. The summed E-state index contributed by atoms with van der Waals surface area (Å²) in [7, 11) is 0. The van der Waals surface area contributed by atoms with Crippen molar-refractivity contribution >= 4 is 17.2 Å². The highest BCUT2D eigenvalue weighted by Gasteiger charge is 2.56. The van der Waals surface area contributed by atoms with Gasteiger partial charge in [-0.1, -0.05) is 109 Å². The molecule has 0 bridgehead atoms. The molecule has 3 aliphatic rings. The molecular formula is C32H23NO. The summed E-state index contributed by atoms with van der Waals surface area (Å²) in [4.78, 5) is 16.1. The van der Waals surface area contributed by atoms with E-state index in [0.717, 1.165) is 22.3 Å². The highest BCUT2D eigenvalue weighted by atomic mass is 16.1. The molecule has 0 aromatic heterocycles. The van der Waals surface area contributed by atoms with Crippen LogP contribution in [0.2, 0.25) is 0 Å². The fourth-order valence-electron chi connectivity index (χ4n) is 6.49. The van der Waals surface area contributed by atoms with E-state index >= 15 is 0 Å². The lowest BCUT2D eigenvalue weighted by atomic mass is 9.53. The minimum Gasteiger partial charge on any atom is -0.334 e. The molecule has 0 fully saturated rings. The van der Waals surface area contributed by atoms with E-state index in [9.17, 15) is 4.79 Å². The lowest BCUT2D eigenvalue weighted by molar-refractivity contribution is 0.102. The number of allylic oxidation sites excluding steroid dienone is 2. The molecule has 0 amide bonds. The number of fused-ring (bicyclic) bond motifs is 8. The van der Waals surface area contributed by atoms with Crippen LogP contribution in [0.3, 0.4) is 0 Å². The number of benzene rings is 4. The Hall–Kier alpha value is -4.17. The Morgan fingerprint density at radius 3 is 1.85 bits per heavy atom. The number of rotatable bonds is 1. The molecule has 2 atom stereocenters. The molecule has 2 aliphatic carbocycles. The third-order valence-corrected chi connectivity index (χ3v) is 7.72. The fourth-order valence-corrected chi connectivity index (χ4v) is 6.49. The van der Waals surface area contributed by atoms with Gasteiger partial charge in [0.25, 0.3) is 0 Å². The van der Waals surface area contributed by atoms with Crippen LogP contribution in [-0.2, 0) is 5.41 Å². The molecule has 2 nitrogen and oxygen atoms in total. The largest absolute Gasteiger partial charge is 0.334 e. The van der Waals surface area contributed by atoms with Crippen molar-refractivity contribution in [2.24, 2.45) is 5.92 Å². The number of hydrogen-bond acceptors (Lipinski definition) is 2. The van der Waals surface area contributed by atoms with Crippen molar-refractivity contribution in [1.82, 2.24) is 0 Å². The van der Waals surface area contributed by atoms with Crippen LogP contribution >= 0.6 is 0 Å². The van der Waals surface area contributed by atoms with E-state index in [1.807, 2.05) is 24.3 Å². The van der Waals surface area contributed by atoms with E-state index in [4.69, 9.17) is 0 Å². The number of ketones is 1. The number of carbonyl (C=O) groups excluding carboxylic acids is 1. The minimum absolute atomic E-state index is 0.108. The van der Waals surface area contributed by atoms with E-state index in [-0.39, 0.29) is 17.7 Å². The van der Waals surface area contributed by atoms with Gasteiger partial charge in [0.1, 0.15) is 0 Å². The molecule has 0 saturated carbocycles. The molecule has 0 radical (unpaired) electrons. The topological polar surface area (TPSA) is 20.3 Å². The lowest BCUT2D eigenvalue weighted by Gasteiger charge is -2.55. The summed E-state index contributed by atoms with van der Waals surface area (Å²) in [6.07, 6.45) is 8.99. The molecule has 1 spiro atoms. The predicted octanol–water partition coefficient (Wildman–Crippen LogP) is 6.83. The van der Waals surface area contributed by atoms with Gasteiger partial charge < -0.3 is 4.90 Å². The summed E-state index contributed by atoms with van der Waals surface area (Å²) < 4.78 is 0. The normalized spacial score (nSPS) is 20.9. The monoisotopic (exact) mass is 437 g/mol. The van der Waals surface area contributed by atoms with E-state index in [2.05, 4.69) is 108 Å². The summed E-state index contributed by atoms with van der Waals surface area (Å²) in [5.74, 6) is 0.231. The van der Waals surface area contributed by atoms with Gasteiger partial charge in [-0.05, 0) is 34.9 Å². The molecule has 162 valence electrons. The Labute approximate surface area is 199 Å². The second-order valence-corrected chi connectivity index (χ2v) is 9.24. The molecule has 4 aromatic rings. The van der Waals surface area contributed by atoms with Crippen LogP contribution in [0.5, 0.6) is 0 Å². The number of nitrogens with zero attached hydrogens (tertiary/aromatic N) is 1. The van der Waals surface area contributed by atoms with Gasteiger partial charge in [0.2, 0.25) is 0 Å². The summed E-state index contributed by atoms with van der Waals surface area (Å²) in [6.45, 7) is 0. The van der Waals surface area contributed by atoms with Crippen LogP contribution in [0.15, 0.2) is 127 Å². The van der Waals surface area contributed by atoms with Gasteiger partial charge in [-0.15, -0.1) is 0 Å². The van der Waals surface area contributed by atoms with Gasteiger partial charge in [0.15, 0.2) is 5.78 Å². The molecule has 2 unspecified atom stereocenters. The first-order chi connectivity index (χ1) is 16.8. The van der Waals surface area contributed by atoms with Crippen LogP contribution in [0.4, 0.5) is 11.4 Å². The van der Waals surface area contributed by atoms with Gasteiger partial charge >= 0.3 is 0 Å². The third kappa shape index (κ3) is 2.38. The van der Waals surface area contributed by atoms with Crippen LogP contribution < -0.4 is 4.90 Å². The van der Waals surface area contributed by atoms with Gasteiger partial charge in [0.05, 0.1) is 11.5 Å². The Morgan fingerprint density at radius 1 is 0.588 bits per heavy atom. The highest BCUT2D eigenvalue weighted by molar-refractivity contribution is 6.14. The number of anilines is 2. The molecule has 7 rings (SSSR count). The van der Waals surface area contributed by atoms with E-state index in [1.165, 1.54) is 16.9 Å². The van der Waals surface area contributed by atoms with Crippen molar-refractivity contribution in [1.29, 1.82) is 0 Å². The summed E-state index contributed by atoms with van der Waals surface area (Å²) >= 11 is 0. The average Bonchev–Trinajstić information content (AvgIpc) is 2.91. The lowest BCUT2D eigenvalue weighted by Crippen LogP contribution is -2.55. The molecule has 34 heavy (non-hydrogen) atoms. The predicted molar refractivity (Wildman–Crippen MR) is 137 cm³/mol. The first-order valence-electron chi connectivity index (χ1n) is 11.8. The second-order valence-electron chi connectivity index (χ2n) is 9.24. The van der Waals surface area contributed by atoms with Crippen molar-refractivity contribution in [3.05, 3.63) is 155 Å². The van der Waals surface area contributed by atoms with E-state index in [0.29, 0.717) is 0 Å². The van der Waals surface area contributed by atoms with Crippen molar-refractivity contribution in [2.75, 3.05) is 4.90 Å².